The highest BCUT2D eigenvalue weighted by Gasteiger charge is 2.24. The number of aliphatic hydroxyl groups is 1. The summed E-state index contributed by atoms with van der Waals surface area (Å²) in [5, 5.41) is 13.0. The summed E-state index contributed by atoms with van der Waals surface area (Å²) < 4.78 is 0. The Balaban J connectivity index is 2.13. The summed E-state index contributed by atoms with van der Waals surface area (Å²) in [6.45, 7) is 10.2. The summed E-state index contributed by atoms with van der Waals surface area (Å²) in [6.07, 6.45) is 2.10. The molecule has 0 aromatic carbocycles. The number of aliphatic hydroxyl groups excluding tert-OH is 1. The highest BCUT2D eigenvalue weighted by molar-refractivity contribution is 7.99. The van der Waals surface area contributed by atoms with Crippen LogP contribution in [-0.4, -0.2) is 60.8 Å². The highest BCUT2D eigenvalue weighted by Crippen LogP contribution is 2.24. The second kappa shape index (κ2) is 8.35. The molecular weight excluding hydrogens is 232 g/mol. The van der Waals surface area contributed by atoms with Crippen LogP contribution in [-0.2, 0) is 0 Å². The number of nitrogens with one attached hydrogen (secondary N) is 1. The maximum Gasteiger partial charge on any atom is 0.0499 e. The zero-order valence-corrected chi connectivity index (χ0v) is 12.2. The van der Waals surface area contributed by atoms with Crippen molar-refractivity contribution in [3.63, 3.8) is 0 Å². The third-order valence-electron chi connectivity index (χ3n) is 4.04. The molecule has 1 fully saturated rings. The van der Waals surface area contributed by atoms with Crippen LogP contribution in [0.1, 0.15) is 26.7 Å². The highest BCUT2D eigenvalue weighted by atomic mass is 32.2. The molecule has 2 N–H and O–H groups in total. The number of hydrogen-bond acceptors (Lipinski definition) is 4. The Morgan fingerprint density at radius 2 is 1.88 bits per heavy atom. The smallest absolute Gasteiger partial charge is 0.0499 e. The van der Waals surface area contributed by atoms with Gasteiger partial charge in [-0.3, -0.25) is 0 Å². The van der Waals surface area contributed by atoms with Crippen molar-refractivity contribution in [2.75, 3.05) is 50.8 Å². The lowest BCUT2D eigenvalue weighted by Gasteiger charge is -2.31. The fourth-order valence-electron chi connectivity index (χ4n) is 2.20. The summed E-state index contributed by atoms with van der Waals surface area (Å²) >= 11 is 2.06. The average molecular weight is 260 g/mol. The van der Waals surface area contributed by atoms with Crippen LogP contribution in [0.25, 0.3) is 0 Å². The van der Waals surface area contributed by atoms with Gasteiger partial charge in [0.2, 0.25) is 0 Å². The number of nitrogens with zero attached hydrogens (tertiary/aromatic N) is 1. The van der Waals surface area contributed by atoms with E-state index in [0.717, 1.165) is 32.5 Å². The van der Waals surface area contributed by atoms with Crippen molar-refractivity contribution in [2.24, 2.45) is 5.41 Å². The lowest BCUT2D eigenvalue weighted by Crippen LogP contribution is -2.42. The standard InChI is InChI=1S/C13H28N2OS/c1-3-13(4-2,12-16)11-14-5-6-15-7-9-17-10-8-15/h14,16H,3-12H2,1-2H3. The molecule has 0 aromatic heterocycles. The number of rotatable bonds is 8. The van der Waals surface area contributed by atoms with Gasteiger partial charge in [0.05, 0.1) is 0 Å². The molecule has 0 amide bonds. The fourth-order valence-corrected chi connectivity index (χ4v) is 3.17. The minimum Gasteiger partial charge on any atom is -0.396 e. The monoisotopic (exact) mass is 260 g/mol. The molecule has 1 rings (SSSR count). The Bertz CT molecular complexity index is 184. The van der Waals surface area contributed by atoms with E-state index in [1.54, 1.807) is 0 Å². The van der Waals surface area contributed by atoms with Crippen molar-refractivity contribution in [1.29, 1.82) is 0 Å². The van der Waals surface area contributed by atoms with Crippen LogP contribution in [0.5, 0.6) is 0 Å². The second-order valence-corrected chi connectivity index (χ2v) is 6.22. The average Bonchev–Trinajstić information content (AvgIpc) is 2.41. The molecule has 17 heavy (non-hydrogen) atoms. The van der Waals surface area contributed by atoms with Gasteiger partial charge in [0.25, 0.3) is 0 Å². The molecule has 0 radical (unpaired) electrons. The first-order valence-electron chi connectivity index (χ1n) is 6.88. The molecule has 0 saturated carbocycles. The summed E-state index contributed by atoms with van der Waals surface area (Å²) in [5.74, 6) is 2.56. The minimum absolute atomic E-state index is 0.0950. The molecule has 1 heterocycles. The molecule has 102 valence electrons. The van der Waals surface area contributed by atoms with Gasteiger partial charge in [0, 0.05) is 56.3 Å². The van der Waals surface area contributed by atoms with E-state index in [9.17, 15) is 5.11 Å². The predicted molar refractivity (Wildman–Crippen MR) is 76.7 cm³/mol. The third-order valence-corrected chi connectivity index (χ3v) is 4.99. The van der Waals surface area contributed by atoms with E-state index in [4.69, 9.17) is 0 Å². The Hall–Kier alpha value is 0.230. The molecule has 0 aromatic rings. The van der Waals surface area contributed by atoms with E-state index in [2.05, 4.69) is 35.8 Å². The van der Waals surface area contributed by atoms with Gasteiger partial charge >= 0.3 is 0 Å². The zero-order valence-electron chi connectivity index (χ0n) is 11.4. The van der Waals surface area contributed by atoms with Crippen molar-refractivity contribution in [2.45, 2.75) is 26.7 Å². The molecule has 0 atom stereocenters. The minimum atomic E-state index is 0.0950. The predicted octanol–water partition coefficient (Wildman–Crippen LogP) is 1.42. The van der Waals surface area contributed by atoms with Gasteiger partial charge in [-0.05, 0) is 12.8 Å². The van der Waals surface area contributed by atoms with Gasteiger partial charge in [0.15, 0.2) is 0 Å². The molecule has 1 saturated heterocycles. The third kappa shape index (κ3) is 5.16. The first-order chi connectivity index (χ1) is 8.26. The quantitative estimate of drug-likeness (QED) is 0.647. The molecule has 0 aliphatic carbocycles. The van der Waals surface area contributed by atoms with Gasteiger partial charge in [-0.2, -0.15) is 11.8 Å². The van der Waals surface area contributed by atoms with Gasteiger partial charge in [-0.15, -0.1) is 0 Å². The summed E-state index contributed by atoms with van der Waals surface area (Å²) in [4.78, 5) is 2.53. The Morgan fingerprint density at radius 1 is 1.24 bits per heavy atom. The van der Waals surface area contributed by atoms with Gasteiger partial charge in [0.1, 0.15) is 0 Å². The summed E-state index contributed by atoms with van der Waals surface area (Å²) in [7, 11) is 0. The lowest BCUT2D eigenvalue weighted by molar-refractivity contribution is 0.112. The maximum absolute atomic E-state index is 9.47. The van der Waals surface area contributed by atoms with Crippen LogP contribution in [0.4, 0.5) is 0 Å². The molecule has 1 aliphatic heterocycles. The van der Waals surface area contributed by atoms with Crippen LogP contribution in [0.15, 0.2) is 0 Å². The van der Waals surface area contributed by atoms with Crippen molar-refractivity contribution in [1.82, 2.24) is 10.2 Å². The van der Waals surface area contributed by atoms with Gasteiger partial charge in [-0.1, -0.05) is 13.8 Å². The molecular formula is C13H28N2OS. The van der Waals surface area contributed by atoms with Crippen LogP contribution < -0.4 is 5.32 Å². The molecule has 3 nitrogen and oxygen atoms in total. The van der Waals surface area contributed by atoms with Crippen LogP contribution in [0, 0.1) is 5.41 Å². The topological polar surface area (TPSA) is 35.5 Å². The van der Waals surface area contributed by atoms with E-state index >= 15 is 0 Å². The van der Waals surface area contributed by atoms with Gasteiger partial charge < -0.3 is 15.3 Å². The zero-order chi connectivity index (χ0) is 12.6. The van der Waals surface area contributed by atoms with Crippen molar-refractivity contribution < 1.29 is 5.11 Å². The van der Waals surface area contributed by atoms with Crippen LogP contribution in [0.3, 0.4) is 0 Å². The number of thioether (sulfide) groups is 1. The SMILES string of the molecule is CCC(CC)(CO)CNCCN1CCSCC1. The van der Waals surface area contributed by atoms with E-state index in [0.29, 0.717) is 6.61 Å². The van der Waals surface area contributed by atoms with E-state index < -0.39 is 0 Å². The molecule has 0 spiro atoms. The van der Waals surface area contributed by atoms with E-state index in [1.165, 1.54) is 24.6 Å². The summed E-state index contributed by atoms with van der Waals surface area (Å²) in [6, 6.07) is 0. The van der Waals surface area contributed by atoms with Crippen molar-refractivity contribution >= 4 is 11.8 Å². The van der Waals surface area contributed by atoms with E-state index in [1.807, 2.05) is 0 Å². The molecule has 1 aliphatic rings. The molecule has 0 unspecified atom stereocenters. The molecule has 4 heteroatoms. The summed E-state index contributed by atoms with van der Waals surface area (Å²) in [5.41, 5.74) is 0.0950. The Morgan fingerprint density at radius 3 is 2.41 bits per heavy atom. The molecule has 0 bridgehead atoms. The van der Waals surface area contributed by atoms with Crippen molar-refractivity contribution in [3.8, 4) is 0 Å². The van der Waals surface area contributed by atoms with Gasteiger partial charge in [-0.25, -0.2) is 0 Å². The fraction of sp³-hybridized carbons (Fsp3) is 1.00. The second-order valence-electron chi connectivity index (χ2n) is 5.00. The Labute approximate surface area is 110 Å². The first kappa shape index (κ1) is 15.3. The first-order valence-corrected chi connectivity index (χ1v) is 8.03. The largest absolute Gasteiger partial charge is 0.396 e. The maximum atomic E-state index is 9.47. The number of hydrogen-bond donors (Lipinski definition) is 2. The van der Waals surface area contributed by atoms with Crippen molar-refractivity contribution in [3.05, 3.63) is 0 Å². The normalized spacial score (nSPS) is 18.5. The Kier molecular flexibility index (Phi) is 7.51. The lowest BCUT2D eigenvalue weighted by atomic mass is 9.83. The van der Waals surface area contributed by atoms with Crippen LogP contribution in [0.2, 0.25) is 0 Å². The van der Waals surface area contributed by atoms with Crippen LogP contribution >= 0.6 is 11.8 Å². The van der Waals surface area contributed by atoms with E-state index in [-0.39, 0.29) is 5.41 Å².